The molecule has 0 saturated carbocycles. The van der Waals surface area contributed by atoms with Gasteiger partial charge in [0.25, 0.3) is 10.0 Å². The van der Waals surface area contributed by atoms with Crippen molar-refractivity contribution in [3.8, 4) is 0 Å². The Morgan fingerprint density at radius 3 is 2.68 bits per heavy atom. The van der Waals surface area contributed by atoms with Gasteiger partial charge in [-0.3, -0.25) is 4.79 Å². The molecule has 1 aliphatic heterocycles. The van der Waals surface area contributed by atoms with Gasteiger partial charge in [-0.2, -0.15) is 4.31 Å². The highest BCUT2D eigenvalue weighted by Crippen LogP contribution is 2.26. The molecule has 0 aliphatic carbocycles. The number of hydrogen-bond acceptors (Lipinski definition) is 6. The monoisotopic (exact) mass is 435 g/mol. The molecule has 4 rings (SSSR count). The number of fused-ring (bicyclic) bond motifs is 1. The molecule has 3 heterocycles. The summed E-state index contributed by atoms with van der Waals surface area (Å²) in [5.74, 6) is -0.126. The fourth-order valence-electron chi connectivity index (χ4n) is 3.36. The zero-order chi connectivity index (χ0) is 19.6. The van der Waals surface area contributed by atoms with Crippen LogP contribution in [0.2, 0.25) is 0 Å². The second kappa shape index (κ2) is 8.28. The number of thiophene rings is 1. The molecule has 0 bridgehead atoms. The Balaban J connectivity index is 1.26. The fourth-order valence-corrected chi connectivity index (χ4v) is 6.94. The molecule has 2 aromatic heterocycles. The fraction of sp³-hybridized carbons (Fsp3) is 0.368. The molecule has 1 aliphatic rings. The maximum atomic E-state index is 12.6. The van der Waals surface area contributed by atoms with Crippen molar-refractivity contribution in [3.63, 3.8) is 0 Å². The van der Waals surface area contributed by atoms with Crippen LogP contribution in [0.15, 0.2) is 46.0 Å². The van der Waals surface area contributed by atoms with Crippen molar-refractivity contribution in [2.75, 3.05) is 19.6 Å². The van der Waals surface area contributed by atoms with Gasteiger partial charge >= 0.3 is 0 Å². The van der Waals surface area contributed by atoms with E-state index in [-0.39, 0.29) is 11.8 Å². The molecule has 1 N–H and O–H groups in total. The van der Waals surface area contributed by atoms with Gasteiger partial charge in [0.2, 0.25) is 5.91 Å². The van der Waals surface area contributed by atoms with Crippen molar-refractivity contribution in [2.24, 2.45) is 5.92 Å². The molecule has 9 heteroatoms. The summed E-state index contributed by atoms with van der Waals surface area (Å²) in [6.07, 6.45) is 1.81. The molecular weight excluding hydrogens is 414 g/mol. The summed E-state index contributed by atoms with van der Waals surface area (Å²) in [5.41, 5.74) is 0.994. The summed E-state index contributed by atoms with van der Waals surface area (Å²) in [7, 11) is -3.42. The van der Waals surface area contributed by atoms with Crippen LogP contribution in [0.5, 0.6) is 0 Å². The second-order valence-corrected chi connectivity index (χ2v) is 11.0. The van der Waals surface area contributed by atoms with E-state index in [1.54, 1.807) is 28.8 Å². The first-order chi connectivity index (χ1) is 13.5. The van der Waals surface area contributed by atoms with E-state index in [0.717, 1.165) is 15.2 Å². The number of thiazole rings is 1. The number of aromatic nitrogens is 1. The predicted molar refractivity (Wildman–Crippen MR) is 112 cm³/mol. The smallest absolute Gasteiger partial charge is 0.252 e. The summed E-state index contributed by atoms with van der Waals surface area (Å²) >= 11 is 2.88. The van der Waals surface area contributed by atoms with Crippen LogP contribution in [0.3, 0.4) is 0 Å². The first-order valence-electron chi connectivity index (χ1n) is 9.20. The van der Waals surface area contributed by atoms with Gasteiger partial charge in [-0.1, -0.05) is 18.2 Å². The number of carbonyl (C=O) groups excluding carboxylic acids is 1. The maximum absolute atomic E-state index is 12.6. The number of rotatable bonds is 6. The van der Waals surface area contributed by atoms with Crippen molar-refractivity contribution in [1.29, 1.82) is 0 Å². The topological polar surface area (TPSA) is 79.4 Å². The lowest BCUT2D eigenvalue weighted by atomic mass is 9.97. The van der Waals surface area contributed by atoms with E-state index >= 15 is 0 Å². The third-order valence-corrected chi connectivity index (χ3v) is 9.26. The minimum Gasteiger partial charge on any atom is -0.355 e. The van der Waals surface area contributed by atoms with Crippen LogP contribution in [-0.4, -0.2) is 43.2 Å². The van der Waals surface area contributed by atoms with Crippen LogP contribution in [0.4, 0.5) is 0 Å². The van der Waals surface area contributed by atoms with E-state index in [1.165, 1.54) is 15.6 Å². The number of nitrogens with zero attached hydrogens (tertiary/aromatic N) is 2. The van der Waals surface area contributed by atoms with E-state index in [9.17, 15) is 13.2 Å². The average molecular weight is 436 g/mol. The number of carbonyl (C=O) groups is 1. The summed E-state index contributed by atoms with van der Waals surface area (Å²) in [4.78, 5) is 17.0. The van der Waals surface area contributed by atoms with Crippen molar-refractivity contribution >= 4 is 48.8 Å². The molecule has 1 aromatic carbocycles. The lowest BCUT2D eigenvalue weighted by Crippen LogP contribution is -2.43. The zero-order valence-corrected chi connectivity index (χ0v) is 17.7. The number of sulfonamides is 1. The summed E-state index contributed by atoms with van der Waals surface area (Å²) in [5, 5.41) is 5.76. The van der Waals surface area contributed by atoms with Crippen LogP contribution in [0.1, 0.15) is 17.8 Å². The molecule has 0 spiro atoms. The third kappa shape index (κ3) is 4.12. The predicted octanol–water partition coefficient (Wildman–Crippen LogP) is 3.12. The van der Waals surface area contributed by atoms with Crippen LogP contribution in [0.25, 0.3) is 10.2 Å². The van der Waals surface area contributed by atoms with E-state index in [0.29, 0.717) is 43.1 Å². The highest BCUT2D eigenvalue weighted by molar-refractivity contribution is 7.91. The average Bonchev–Trinajstić information content (AvgIpc) is 3.38. The van der Waals surface area contributed by atoms with E-state index in [1.807, 2.05) is 24.3 Å². The summed E-state index contributed by atoms with van der Waals surface area (Å²) in [6.45, 7) is 1.32. The molecular formula is C19H21N3O3S3. The van der Waals surface area contributed by atoms with Crippen molar-refractivity contribution in [3.05, 3.63) is 46.8 Å². The Morgan fingerprint density at radius 1 is 1.18 bits per heavy atom. The maximum Gasteiger partial charge on any atom is 0.252 e. The van der Waals surface area contributed by atoms with Gasteiger partial charge in [0.05, 0.1) is 15.2 Å². The van der Waals surface area contributed by atoms with Gasteiger partial charge in [-0.05, 0) is 36.4 Å². The van der Waals surface area contributed by atoms with E-state index in [4.69, 9.17) is 0 Å². The lowest BCUT2D eigenvalue weighted by molar-refractivity contribution is -0.126. The number of para-hydroxylation sites is 1. The normalized spacial score (nSPS) is 16.4. The molecule has 148 valence electrons. The highest BCUT2D eigenvalue weighted by atomic mass is 32.2. The van der Waals surface area contributed by atoms with Gasteiger partial charge < -0.3 is 5.32 Å². The number of piperidine rings is 1. The Bertz CT molecular complexity index is 1020. The van der Waals surface area contributed by atoms with Crippen LogP contribution < -0.4 is 5.32 Å². The van der Waals surface area contributed by atoms with Gasteiger partial charge in [0.15, 0.2) is 0 Å². The van der Waals surface area contributed by atoms with Crippen LogP contribution in [-0.2, 0) is 21.2 Å². The van der Waals surface area contributed by atoms with Crippen molar-refractivity contribution in [2.45, 2.75) is 23.5 Å². The SMILES string of the molecule is O=C(NCCc1nc2ccccc2s1)C1CCN(S(=O)(=O)c2cccs2)CC1. The lowest BCUT2D eigenvalue weighted by Gasteiger charge is -2.30. The summed E-state index contributed by atoms with van der Waals surface area (Å²) in [6, 6.07) is 11.4. The van der Waals surface area contributed by atoms with Gasteiger partial charge in [-0.15, -0.1) is 22.7 Å². The molecule has 0 radical (unpaired) electrons. The molecule has 28 heavy (non-hydrogen) atoms. The minimum absolute atomic E-state index is 0.00860. The Labute approximate surface area is 172 Å². The van der Waals surface area contributed by atoms with Gasteiger partial charge in [0.1, 0.15) is 4.21 Å². The number of nitrogens with one attached hydrogen (secondary N) is 1. The molecule has 1 amide bonds. The summed E-state index contributed by atoms with van der Waals surface area (Å²) < 4.78 is 28.1. The first-order valence-corrected chi connectivity index (χ1v) is 12.3. The zero-order valence-electron chi connectivity index (χ0n) is 15.2. The van der Waals surface area contributed by atoms with Crippen molar-refractivity contribution in [1.82, 2.24) is 14.6 Å². The standard InChI is InChI=1S/C19H21N3O3S3/c23-19(20-10-7-17-21-15-4-1-2-5-16(15)27-17)14-8-11-22(12-9-14)28(24,25)18-6-3-13-26-18/h1-6,13-14H,7-12H2,(H,20,23). The molecule has 0 atom stereocenters. The third-order valence-electron chi connectivity index (χ3n) is 4.89. The first kappa shape index (κ1) is 19.5. The Morgan fingerprint density at radius 2 is 1.96 bits per heavy atom. The quantitative estimate of drug-likeness (QED) is 0.645. The van der Waals surface area contributed by atoms with Crippen molar-refractivity contribution < 1.29 is 13.2 Å². The largest absolute Gasteiger partial charge is 0.355 e. The number of amides is 1. The number of benzene rings is 1. The molecule has 6 nitrogen and oxygen atoms in total. The molecule has 1 saturated heterocycles. The Kier molecular flexibility index (Phi) is 5.77. The van der Waals surface area contributed by atoms with Crippen LogP contribution >= 0.6 is 22.7 Å². The van der Waals surface area contributed by atoms with Crippen LogP contribution in [0, 0.1) is 5.92 Å². The molecule has 1 fully saturated rings. The second-order valence-electron chi connectivity index (χ2n) is 6.73. The van der Waals surface area contributed by atoms with E-state index in [2.05, 4.69) is 10.3 Å². The molecule has 0 unspecified atom stereocenters. The minimum atomic E-state index is -3.42. The van der Waals surface area contributed by atoms with E-state index < -0.39 is 10.0 Å². The Hall–Kier alpha value is -1.81. The van der Waals surface area contributed by atoms with Gasteiger partial charge in [0, 0.05) is 32.0 Å². The number of hydrogen-bond donors (Lipinski definition) is 1. The highest BCUT2D eigenvalue weighted by Gasteiger charge is 2.32. The van der Waals surface area contributed by atoms with Gasteiger partial charge in [-0.25, -0.2) is 13.4 Å². The molecule has 3 aromatic rings.